The van der Waals surface area contributed by atoms with Crippen LogP contribution in [0, 0.1) is 0 Å². The maximum Gasteiger partial charge on any atom is 0.314 e. The number of hydrogen-bond donors (Lipinski definition) is 1. The average molecular weight is 324 g/mol. The summed E-state index contributed by atoms with van der Waals surface area (Å²) >= 11 is 0. The molecule has 1 saturated heterocycles. The number of hydrogen-bond acceptors (Lipinski definition) is 3. The van der Waals surface area contributed by atoms with E-state index >= 15 is 0 Å². The van der Waals surface area contributed by atoms with Gasteiger partial charge in [-0.3, -0.25) is 4.79 Å². The van der Waals surface area contributed by atoms with Gasteiger partial charge in [-0.2, -0.15) is 0 Å². The van der Waals surface area contributed by atoms with Crippen molar-refractivity contribution in [3.8, 4) is 16.9 Å². The monoisotopic (exact) mass is 324 g/mol. The van der Waals surface area contributed by atoms with Gasteiger partial charge in [0.1, 0.15) is 11.9 Å². The lowest BCUT2D eigenvalue weighted by atomic mass is 9.93. The standard InChI is InChI=1S/C20H20O4/c21-19(22)20(9-10-20)16-3-1-2-15(12-16)14-4-6-17(7-5-14)24-18-8-11-23-13-18/h1-7,12,18H,8-11,13H2,(H,21,22). The molecule has 124 valence electrons. The lowest BCUT2D eigenvalue weighted by Gasteiger charge is -2.14. The average Bonchev–Trinajstić information content (AvgIpc) is 3.28. The fraction of sp³-hybridized carbons (Fsp3) is 0.350. The summed E-state index contributed by atoms with van der Waals surface area (Å²) in [6.45, 7) is 1.42. The molecule has 0 radical (unpaired) electrons. The highest BCUT2D eigenvalue weighted by molar-refractivity contribution is 5.85. The van der Waals surface area contributed by atoms with E-state index in [4.69, 9.17) is 9.47 Å². The Kier molecular flexibility index (Phi) is 3.77. The Morgan fingerprint density at radius 1 is 1.12 bits per heavy atom. The highest BCUT2D eigenvalue weighted by Gasteiger charge is 2.51. The SMILES string of the molecule is O=C(O)C1(c2cccc(-c3ccc(OC4CCOC4)cc3)c2)CC1. The second-order valence-corrected chi connectivity index (χ2v) is 6.60. The molecule has 4 rings (SSSR count). The highest BCUT2D eigenvalue weighted by atomic mass is 16.5. The van der Waals surface area contributed by atoms with E-state index in [1.54, 1.807) is 0 Å². The first-order valence-electron chi connectivity index (χ1n) is 8.36. The van der Waals surface area contributed by atoms with E-state index < -0.39 is 11.4 Å². The number of aliphatic carboxylic acids is 1. The summed E-state index contributed by atoms with van der Waals surface area (Å²) in [4.78, 5) is 11.5. The van der Waals surface area contributed by atoms with Crippen molar-refractivity contribution < 1.29 is 19.4 Å². The van der Waals surface area contributed by atoms with Crippen LogP contribution in [-0.4, -0.2) is 30.4 Å². The van der Waals surface area contributed by atoms with Gasteiger partial charge in [-0.05, 0) is 41.7 Å². The molecule has 1 unspecified atom stereocenters. The van der Waals surface area contributed by atoms with Crippen molar-refractivity contribution in [2.45, 2.75) is 30.8 Å². The molecule has 2 aliphatic rings. The Bertz CT molecular complexity index is 740. The fourth-order valence-electron chi connectivity index (χ4n) is 3.27. The third-order valence-corrected chi connectivity index (χ3v) is 4.95. The largest absolute Gasteiger partial charge is 0.488 e. The van der Waals surface area contributed by atoms with Gasteiger partial charge in [0.05, 0.1) is 18.6 Å². The van der Waals surface area contributed by atoms with Crippen LogP contribution in [0.5, 0.6) is 5.75 Å². The van der Waals surface area contributed by atoms with Crippen LogP contribution in [0.4, 0.5) is 0 Å². The van der Waals surface area contributed by atoms with Crippen molar-refractivity contribution >= 4 is 5.97 Å². The Labute approximate surface area is 141 Å². The molecule has 1 aliphatic carbocycles. The van der Waals surface area contributed by atoms with Crippen LogP contribution in [0.25, 0.3) is 11.1 Å². The molecule has 0 spiro atoms. The van der Waals surface area contributed by atoms with Crippen LogP contribution in [0.2, 0.25) is 0 Å². The zero-order chi connectivity index (χ0) is 16.6. The smallest absolute Gasteiger partial charge is 0.314 e. The third-order valence-electron chi connectivity index (χ3n) is 4.95. The molecule has 2 aromatic carbocycles. The number of rotatable bonds is 5. The molecule has 2 fully saturated rings. The van der Waals surface area contributed by atoms with E-state index in [0.29, 0.717) is 6.61 Å². The molecule has 2 aromatic rings. The van der Waals surface area contributed by atoms with Crippen molar-refractivity contribution in [3.63, 3.8) is 0 Å². The number of carbonyl (C=O) groups is 1. The Balaban J connectivity index is 1.54. The van der Waals surface area contributed by atoms with Gasteiger partial charge in [-0.1, -0.05) is 36.4 Å². The van der Waals surface area contributed by atoms with E-state index in [1.165, 1.54) is 0 Å². The first-order valence-corrected chi connectivity index (χ1v) is 8.36. The van der Waals surface area contributed by atoms with E-state index in [0.717, 1.165) is 48.3 Å². The molecule has 24 heavy (non-hydrogen) atoms. The van der Waals surface area contributed by atoms with Gasteiger partial charge in [0.2, 0.25) is 0 Å². The molecule has 1 aliphatic heterocycles. The predicted octanol–water partition coefficient (Wildman–Crippen LogP) is 3.64. The minimum absolute atomic E-state index is 0.143. The summed E-state index contributed by atoms with van der Waals surface area (Å²) in [7, 11) is 0. The van der Waals surface area contributed by atoms with Gasteiger partial charge >= 0.3 is 5.97 Å². The van der Waals surface area contributed by atoms with Crippen LogP contribution in [0.3, 0.4) is 0 Å². The van der Waals surface area contributed by atoms with Crippen molar-refractivity contribution in [1.82, 2.24) is 0 Å². The summed E-state index contributed by atoms with van der Waals surface area (Å²) in [5.41, 5.74) is 2.33. The van der Waals surface area contributed by atoms with Crippen molar-refractivity contribution in [3.05, 3.63) is 54.1 Å². The zero-order valence-electron chi connectivity index (χ0n) is 13.4. The summed E-state index contributed by atoms with van der Waals surface area (Å²) in [5, 5.41) is 9.46. The normalized spacial score (nSPS) is 21.4. The van der Waals surface area contributed by atoms with Crippen LogP contribution >= 0.6 is 0 Å². The second kappa shape index (κ2) is 5.95. The maximum absolute atomic E-state index is 11.5. The van der Waals surface area contributed by atoms with E-state index in [9.17, 15) is 9.90 Å². The minimum Gasteiger partial charge on any atom is -0.488 e. The number of carboxylic acid groups (broad SMARTS) is 1. The van der Waals surface area contributed by atoms with E-state index in [2.05, 4.69) is 0 Å². The summed E-state index contributed by atoms with van der Waals surface area (Å²) in [6, 6.07) is 15.8. The third kappa shape index (κ3) is 2.78. The molecule has 1 N–H and O–H groups in total. The van der Waals surface area contributed by atoms with Crippen molar-refractivity contribution in [2.75, 3.05) is 13.2 Å². The molecule has 0 bridgehead atoms. The number of benzene rings is 2. The maximum atomic E-state index is 11.5. The number of carboxylic acids is 1. The lowest BCUT2D eigenvalue weighted by molar-refractivity contribution is -0.140. The van der Waals surface area contributed by atoms with Gasteiger partial charge in [-0.15, -0.1) is 0 Å². The molecular weight excluding hydrogens is 304 g/mol. The number of ether oxygens (including phenoxy) is 2. The molecule has 0 amide bonds. The Morgan fingerprint density at radius 3 is 2.54 bits per heavy atom. The van der Waals surface area contributed by atoms with Crippen molar-refractivity contribution in [2.24, 2.45) is 0 Å². The molecule has 4 nitrogen and oxygen atoms in total. The topological polar surface area (TPSA) is 55.8 Å². The van der Waals surface area contributed by atoms with Crippen LogP contribution in [-0.2, 0) is 14.9 Å². The summed E-state index contributed by atoms with van der Waals surface area (Å²) in [5.74, 6) is 0.122. The van der Waals surface area contributed by atoms with Crippen molar-refractivity contribution in [1.29, 1.82) is 0 Å². The minimum atomic E-state index is -0.720. The van der Waals surface area contributed by atoms with Crippen LogP contribution < -0.4 is 4.74 Å². The first kappa shape index (κ1) is 15.2. The Hall–Kier alpha value is -2.33. The molecular formula is C20H20O4. The van der Waals surface area contributed by atoms with Gasteiger partial charge in [-0.25, -0.2) is 0 Å². The zero-order valence-corrected chi connectivity index (χ0v) is 13.4. The van der Waals surface area contributed by atoms with E-state index in [-0.39, 0.29) is 6.10 Å². The van der Waals surface area contributed by atoms with Gasteiger partial charge in [0.15, 0.2) is 0 Å². The molecule has 1 atom stereocenters. The fourth-order valence-corrected chi connectivity index (χ4v) is 3.27. The van der Waals surface area contributed by atoms with Crippen LogP contribution in [0.1, 0.15) is 24.8 Å². The Morgan fingerprint density at radius 2 is 1.92 bits per heavy atom. The summed E-state index contributed by atoms with van der Waals surface area (Å²) in [6.07, 6.45) is 2.52. The first-order chi connectivity index (χ1) is 11.7. The highest BCUT2D eigenvalue weighted by Crippen LogP contribution is 2.49. The summed E-state index contributed by atoms with van der Waals surface area (Å²) < 4.78 is 11.2. The molecule has 1 saturated carbocycles. The lowest BCUT2D eigenvalue weighted by Crippen LogP contribution is -2.19. The molecule has 0 aromatic heterocycles. The van der Waals surface area contributed by atoms with E-state index in [1.807, 2.05) is 48.5 Å². The van der Waals surface area contributed by atoms with Gasteiger partial charge in [0.25, 0.3) is 0 Å². The van der Waals surface area contributed by atoms with Crippen LogP contribution in [0.15, 0.2) is 48.5 Å². The molecule has 4 heteroatoms. The molecule has 1 heterocycles. The van der Waals surface area contributed by atoms with Gasteiger partial charge < -0.3 is 14.6 Å². The predicted molar refractivity (Wildman–Crippen MR) is 90.3 cm³/mol. The van der Waals surface area contributed by atoms with Gasteiger partial charge in [0, 0.05) is 6.42 Å². The second-order valence-electron chi connectivity index (χ2n) is 6.60. The quantitative estimate of drug-likeness (QED) is 0.912.